The van der Waals surface area contributed by atoms with Crippen LogP contribution in [0.3, 0.4) is 0 Å². The molecule has 0 heterocycles. The van der Waals surface area contributed by atoms with Gasteiger partial charge in [0, 0.05) is 31.6 Å². The van der Waals surface area contributed by atoms with Crippen molar-refractivity contribution in [2.45, 2.75) is 18.9 Å². The second-order valence-corrected chi connectivity index (χ2v) is 5.23. The van der Waals surface area contributed by atoms with Crippen molar-refractivity contribution in [2.24, 2.45) is 5.73 Å². The molecule has 1 atom stereocenters. The van der Waals surface area contributed by atoms with Crippen molar-refractivity contribution >= 4 is 41.5 Å². The molecule has 1 aromatic rings. The molecule has 4 N–H and O–H groups in total. The molecule has 0 radical (unpaired) electrons. The predicted molar refractivity (Wildman–Crippen MR) is 96.0 cm³/mol. The minimum absolute atomic E-state index is 0. The summed E-state index contributed by atoms with van der Waals surface area (Å²) in [5.74, 6) is 0.0427. The third kappa shape index (κ3) is 7.83. The Labute approximate surface area is 152 Å². The summed E-state index contributed by atoms with van der Waals surface area (Å²) in [5, 5.41) is 5.83. The number of carbonyl (C=O) groups excluding carboxylic acids is 2. The van der Waals surface area contributed by atoms with Gasteiger partial charge in [0.1, 0.15) is 5.75 Å². The molecule has 0 fully saturated rings. The van der Waals surface area contributed by atoms with E-state index in [1.54, 1.807) is 18.2 Å². The van der Waals surface area contributed by atoms with Gasteiger partial charge in [-0.1, -0.05) is 11.6 Å². The normalized spacial score (nSPS) is 11.2. The van der Waals surface area contributed by atoms with Crippen LogP contribution in [0.2, 0.25) is 5.02 Å². The third-order valence-electron chi connectivity index (χ3n) is 3.12. The lowest BCUT2D eigenvalue weighted by Crippen LogP contribution is -2.33. The van der Waals surface area contributed by atoms with Gasteiger partial charge in [-0.05, 0) is 18.2 Å². The van der Waals surface area contributed by atoms with Gasteiger partial charge >= 0.3 is 0 Å². The molecule has 0 aromatic heterocycles. The van der Waals surface area contributed by atoms with E-state index >= 15 is 0 Å². The van der Waals surface area contributed by atoms with E-state index in [1.807, 2.05) is 0 Å². The first-order valence-corrected chi connectivity index (χ1v) is 7.50. The van der Waals surface area contributed by atoms with Gasteiger partial charge in [-0.25, -0.2) is 0 Å². The van der Waals surface area contributed by atoms with Crippen LogP contribution in [0.5, 0.6) is 5.75 Å². The number of amides is 2. The van der Waals surface area contributed by atoms with Crippen molar-refractivity contribution in [2.75, 3.05) is 32.6 Å². The largest absolute Gasteiger partial charge is 0.495 e. The van der Waals surface area contributed by atoms with E-state index in [-0.39, 0.29) is 56.3 Å². The molecule has 136 valence electrons. The van der Waals surface area contributed by atoms with E-state index in [2.05, 4.69) is 10.6 Å². The number of ether oxygens (including phenoxy) is 2. The van der Waals surface area contributed by atoms with Crippen molar-refractivity contribution in [3.8, 4) is 5.75 Å². The van der Waals surface area contributed by atoms with Crippen molar-refractivity contribution < 1.29 is 19.1 Å². The van der Waals surface area contributed by atoms with Crippen LogP contribution in [0.1, 0.15) is 12.8 Å². The first-order valence-electron chi connectivity index (χ1n) is 7.13. The zero-order chi connectivity index (χ0) is 17.2. The Balaban J connectivity index is 0.00000529. The van der Waals surface area contributed by atoms with E-state index in [1.165, 1.54) is 14.2 Å². The molecule has 1 aromatic carbocycles. The molecule has 1 unspecified atom stereocenters. The Hall–Kier alpha value is -1.54. The van der Waals surface area contributed by atoms with Crippen molar-refractivity contribution in [3.05, 3.63) is 23.2 Å². The number of methoxy groups -OCH3 is 2. The highest BCUT2D eigenvalue weighted by Crippen LogP contribution is 2.27. The molecule has 7 nitrogen and oxygen atoms in total. The van der Waals surface area contributed by atoms with Crippen molar-refractivity contribution in [3.63, 3.8) is 0 Å². The summed E-state index contributed by atoms with van der Waals surface area (Å²) in [6.45, 7) is 0.480. The topological polar surface area (TPSA) is 103 Å². The average molecular weight is 380 g/mol. The van der Waals surface area contributed by atoms with Crippen LogP contribution in [-0.2, 0) is 14.3 Å². The smallest absolute Gasteiger partial charge is 0.226 e. The van der Waals surface area contributed by atoms with Crippen LogP contribution in [0.4, 0.5) is 5.69 Å². The zero-order valence-electron chi connectivity index (χ0n) is 13.6. The fourth-order valence-corrected chi connectivity index (χ4v) is 2.02. The lowest BCUT2D eigenvalue weighted by molar-refractivity contribution is -0.123. The van der Waals surface area contributed by atoms with E-state index in [0.717, 1.165) is 0 Å². The molecule has 0 saturated carbocycles. The van der Waals surface area contributed by atoms with Crippen LogP contribution < -0.4 is 21.1 Å². The number of hydrogen-bond acceptors (Lipinski definition) is 5. The number of hydrogen-bond donors (Lipinski definition) is 3. The summed E-state index contributed by atoms with van der Waals surface area (Å²) in [6.07, 6.45) is -0.0298. The Morgan fingerprint density at radius 2 is 2.00 bits per heavy atom. The molecule has 2 amide bonds. The molecule has 0 saturated heterocycles. The minimum Gasteiger partial charge on any atom is -0.495 e. The second kappa shape index (κ2) is 11.9. The monoisotopic (exact) mass is 379 g/mol. The summed E-state index contributed by atoms with van der Waals surface area (Å²) < 4.78 is 10.2. The van der Waals surface area contributed by atoms with Gasteiger partial charge in [0.05, 0.1) is 25.3 Å². The Morgan fingerprint density at radius 1 is 1.29 bits per heavy atom. The summed E-state index contributed by atoms with van der Waals surface area (Å²) in [4.78, 5) is 23.5. The van der Waals surface area contributed by atoms with Gasteiger partial charge in [-0.2, -0.15) is 0 Å². The molecule has 0 aliphatic carbocycles. The van der Waals surface area contributed by atoms with Gasteiger partial charge in [0.2, 0.25) is 11.8 Å². The maximum absolute atomic E-state index is 11.9. The molecule has 0 spiro atoms. The maximum Gasteiger partial charge on any atom is 0.226 e. The summed E-state index contributed by atoms with van der Waals surface area (Å²) in [7, 11) is 3.00. The van der Waals surface area contributed by atoms with Crippen molar-refractivity contribution in [1.29, 1.82) is 0 Å². The van der Waals surface area contributed by atoms with Gasteiger partial charge < -0.3 is 25.8 Å². The summed E-state index contributed by atoms with van der Waals surface area (Å²) in [5.41, 5.74) is 5.93. The Kier molecular flexibility index (Phi) is 11.1. The number of halogens is 2. The van der Waals surface area contributed by atoms with Crippen LogP contribution in [-0.4, -0.2) is 45.2 Å². The number of rotatable bonds is 9. The summed E-state index contributed by atoms with van der Waals surface area (Å²) in [6, 6.07) is 4.93. The predicted octanol–water partition coefficient (Wildman–Crippen LogP) is 1.58. The molecule has 9 heteroatoms. The number of carbonyl (C=O) groups is 2. The quantitative estimate of drug-likeness (QED) is 0.604. The molecular weight excluding hydrogens is 357 g/mol. The zero-order valence-corrected chi connectivity index (χ0v) is 15.2. The number of benzene rings is 1. The standard InChI is InChI=1S/C15H22ClN3O4.ClH/c1-22-11(9-17)8-15(21)18-6-5-14(20)19-12-7-10(16)3-4-13(12)23-2;/h3-4,7,11H,5-6,8-9,17H2,1-2H3,(H,18,21)(H,19,20);1H. The SMILES string of the molecule is COc1ccc(Cl)cc1NC(=O)CCNC(=O)CC(CN)OC.Cl. The lowest BCUT2D eigenvalue weighted by Gasteiger charge is -2.13. The number of nitrogens with two attached hydrogens (primary N) is 1. The van der Waals surface area contributed by atoms with Gasteiger partial charge in [-0.3, -0.25) is 9.59 Å². The third-order valence-corrected chi connectivity index (χ3v) is 3.35. The molecule has 24 heavy (non-hydrogen) atoms. The number of nitrogens with one attached hydrogen (secondary N) is 2. The Morgan fingerprint density at radius 3 is 2.58 bits per heavy atom. The highest BCUT2D eigenvalue weighted by atomic mass is 35.5. The fraction of sp³-hybridized carbons (Fsp3) is 0.467. The van der Waals surface area contributed by atoms with Crippen LogP contribution in [0.15, 0.2) is 18.2 Å². The van der Waals surface area contributed by atoms with Crippen LogP contribution in [0, 0.1) is 0 Å². The van der Waals surface area contributed by atoms with Crippen LogP contribution >= 0.6 is 24.0 Å². The summed E-state index contributed by atoms with van der Waals surface area (Å²) >= 11 is 5.89. The Bertz CT molecular complexity index is 539. The fourth-order valence-electron chi connectivity index (χ4n) is 1.85. The van der Waals surface area contributed by atoms with E-state index in [0.29, 0.717) is 16.5 Å². The second-order valence-electron chi connectivity index (χ2n) is 4.79. The first-order chi connectivity index (χ1) is 11.0. The van der Waals surface area contributed by atoms with Gasteiger partial charge in [-0.15, -0.1) is 12.4 Å². The van der Waals surface area contributed by atoms with E-state index < -0.39 is 0 Å². The first kappa shape index (κ1) is 22.5. The average Bonchev–Trinajstić information content (AvgIpc) is 2.52. The minimum atomic E-state index is -0.320. The highest BCUT2D eigenvalue weighted by Gasteiger charge is 2.12. The van der Waals surface area contributed by atoms with Crippen molar-refractivity contribution in [1.82, 2.24) is 5.32 Å². The van der Waals surface area contributed by atoms with E-state index in [4.69, 9.17) is 26.8 Å². The molecule has 1 rings (SSSR count). The maximum atomic E-state index is 11.9. The lowest BCUT2D eigenvalue weighted by atomic mass is 10.2. The number of anilines is 1. The van der Waals surface area contributed by atoms with Crippen LogP contribution in [0.25, 0.3) is 0 Å². The molecule has 0 aliphatic heterocycles. The molecule has 0 aliphatic rings. The molecule has 0 bridgehead atoms. The van der Waals surface area contributed by atoms with E-state index in [9.17, 15) is 9.59 Å². The molecular formula is C15H23Cl2N3O4. The van der Waals surface area contributed by atoms with Gasteiger partial charge in [0.15, 0.2) is 0 Å². The van der Waals surface area contributed by atoms with Gasteiger partial charge in [0.25, 0.3) is 0 Å². The highest BCUT2D eigenvalue weighted by molar-refractivity contribution is 6.31.